The van der Waals surface area contributed by atoms with Gasteiger partial charge in [0.25, 0.3) is 17.5 Å². The van der Waals surface area contributed by atoms with E-state index in [1.54, 1.807) is 11.0 Å². The molecule has 0 spiro atoms. The molecular formula is C22H21F3N4O6. The number of nitro groups is 1. The van der Waals surface area contributed by atoms with Crippen molar-refractivity contribution in [2.24, 2.45) is 0 Å². The minimum Gasteiger partial charge on any atom is -0.454 e. The predicted molar refractivity (Wildman–Crippen MR) is 117 cm³/mol. The van der Waals surface area contributed by atoms with Crippen molar-refractivity contribution in [2.75, 3.05) is 44.2 Å². The van der Waals surface area contributed by atoms with Crippen molar-refractivity contribution in [1.82, 2.24) is 10.2 Å². The predicted octanol–water partition coefficient (Wildman–Crippen LogP) is 2.24. The van der Waals surface area contributed by atoms with Crippen molar-refractivity contribution >= 4 is 29.2 Å². The van der Waals surface area contributed by atoms with Crippen molar-refractivity contribution in [3.8, 4) is 0 Å². The smallest absolute Gasteiger partial charge is 0.416 e. The molecule has 0 radical (unpaired) electrons. The van der Waals surface area contributed by atoms with Crippen LogP contribution in [0.25, 0.3) is 0 Å². The molecule has 2 aromatic rings. The molecule has 1 heterocycles. The number of esters is 1. The first-order valence-electron chi connectivity index (χ1n) is 10.4. The van der Waals surface area contributed by atoms with Crippen LogP contribution >= 0.6 is 0 Å². The van der Waals surface area contributed by atoms with Crippen LogP contribution in [-0.2, 0) is 20.5 Å². The highest BCUT2D eigenvalue weighted by atomic mass is 19.4. The minimum absolute atomic E-state index is 0.0123. The Bertz CT molecular complexity index is 1120. The van der Waals surface area contributed by atoms with Crippen molar-refractivity contribution in [3.63, 3.8) is 0 Å². The van der Waals surface area contributed by atoms with E-state index < -0.39 is 47.6 Å². The van der Waals surface area contributed by atoms with Crippen molar-refractivity contribution in [3.05, 3.63) is 69.8 Å². The maximum atomic E-state index is 12.9. The Morgan fingerprint density at radius 1 is 1.03 bits per heavy atom. The van der Waals surface area contributed by atoms with Gasteiger partial charge in [0.2, 0.25) is 0 Å². The zero-order chi connectivity index (χ0) is 25.6. The largest absolute Gasteiger partial charge is 0.454 e. The quantitative estimate of drug-likeness (QED) is 0.356. The third-order valence-electron chi connectivity index (χ3n) is 5.24. The van der Waals surface area contributed by atoms with Gasteiger partial charge in [-0.25, -0.2) is 0 Å². The molecule has 10 nitrogen and oxygen atoms in total. The molecule has 0 atom stereocenters. The maximum Gasteiger partial charge on any atom is 0.416 e. The summed E-state index contributed by atoms with van der Waals surface area (Å²) >= 11 is 0. The maximum absolute atomic E-state index is 12.9. The summed E-state index contributed by atoms with van der Waals surface area (Å²) in [6.45, 7) is -0.0277. The second kappa shape index (κ2) is 10.8. The van der Waals surface area contributed by atoms with E-state index >= 15 is 0 Å². The topological polar surface area (TPSA) is 122 Å². The summed E-state index contributed by atoms with van der Waals surface area (Å²) in [6, 6.07) is 9.89. The highest BCUT2D eigenvalue weighted by Crippen LogP contribution is 2.31. The molecule has 13 heteroatoms. The second-order valence-corrected chi connectivity index (χ2v) is 7.57. The first kappa shape index (κ1) is 25.5. The first-order chi connectivity index (χ1) is 16.5. The van der Waals surface area contributed by atoms with Gasteiger partial charge in [0.15, 0.2) is 6.61 Å². The van der Waals surface area contributed by atoms with Gasteiger partial charge in [-0.15, -0.1) is 0 Å². The third-order valence-corrected chi connectivity index (χ3v) is 5.24. The molecule has 2 aromatic carbocycles. The average molecular weight is 494 g/mol. The Morgan fingerprint density at radius 3 is 2.37 bits per heavy atom. The summed E-state index contributed by atoms with van der Waals surface area (Å²) in [5.41, 5.74) is -0.642. The van der Waals surface area contributed by atoms with E-state index in [2.05, 4.69) is 5.32 Å². The molecule has 0 aromatic heterocycles. The van der Waals surface area contributed by atoms with E-state index in [4.69, 9.17) is 4.74 Å². The van der Waals surface area contributed by atoms with Crippen LogP contribution in [0.1, 0.15) is 15.9 Å². The van der Waals surface area contributed by atoms with Crippen LogP contribution in [-0.4, -0.2) is 66.9 Å². The van der Waals surface area contributed by atoms with Crippen LogP contribution in [0.3, 0.4) is 0 Å². The Hall–Kier alpha value is -4.16. The third kappa shape index (κ3) is 6.91. The van der Waals surface area contributed by atoms with Gasteiger partial charge in [0.1, 0.15) is 6.54 Å². The number of alkyl halides is 3. The molecule has 1 fully saturated rings. The molecule has 0 unspecified atom stereocenters. The number of ether oxygens (including phenoxy) is 1. The highest BCUT2D eigenvalue weighted by molar-refractivity contribution is 5.96. The summed E-state index contributed by atoms with van der Waals surface area (Å²) in [5, 5.41) is 13.0. The zero-order valence-electron chi connectivity index (χ0n) is 18.3. The normalized spacial score (nSPS) is 13.8. The Labute approximate surface area is 197 Å². The van der Waals surface area contributed by atoms with Crippen LogP contribution < -0.4 is 10.2 Å². The van der Waals surface area contributed by atoms with Gasteiger partial charge in [-0.2, -0.15) is 13.2 Å². The lowest BCUT2D eigenvalue weighted by atomic mass is 10.1. The summed E-state index contributed by atoms with van der Waals surface area (Å²) in [6.07, 6.45) is -4.45. The van der Waals surface area contributed by atoms with Crippen molar-refractivity contribution in [2.45, 2.75) is 6.18 Å². The van der Waals surface area contributed by atoms with Crippen molar-refractivity contribution < 1.29 is 37.2 Å². The molecule has 1 saturated heterocycles. The van der Waals surface area contributed by atoms with E-state index in [-0.39, 0.29) is 24.3 Å². The number of anilines is 1. The lowest BCUT2D eigenvalue weighted by Gasteiger charge is -2.36. The van der Waals surface area contributed by atoms with Gasteiger partial charge in [0.05, 0.1) is 10.5 Å². The Kier molecular flexibility index (Phi) is 7.89. The number of amides is 2. The van der Waals surface area contributed by atoms with E-state index in [1.165, 1.54) is 29.2 Å². The number of hydrogen-bond acceptors (Lipinski definition) is 7. The summed E-state index contributed by atoms with van der Waals surface area (Å²) in [4.78, 5) is 49.5. The molecule has 0 aliphatic carbocycles. The minimum atomic E-state index is -4.45. The van der Waals surface area contributed by atoms with E-state index in [0.29, 0.717) is 18.8 Å². The number of rotatable bonds is 7. The standard InChI is InChI=1S/C22H21F3N4O6/c23-22(24,25)16-4-2-5-17(12-16)27-7-9-28(10-8-27)19(30)14-35-20(31)13-26-21(32)15-3-1-6-18(11-15)29(33)34/h1-6,11-12H,7-10,13-14H2,(H,26,32). The molecule has 0 saturated carbocycles. The summed E-state index contributed by atoms with van der Waals surface area (Å²) < 4.78 is 43.6. The molecule has 1 aliphatic rings. The SMILES string of the molecule is O=C(CNC(=O)c1cccc([N+](=O)[O-])c1)OCC(=O)N1CCN(c2cccc(C(F)(F)F)c2)CC1. The zero-order valence-corrected chi connectivity index (χ0v) is 18.3. The lowest BCUT2D eigenvalue weighted by Crippen LogP contribution is -2.50. The van der Waals surface area contributed by atoms with Gasteiger partial charge in [0, 0.05) is 49.6 Å². The van der Waals surface area contributed by atoms with Gasteiger partial charge < -0.3 is 19.9 Å². The van der Waals surface area contributed by atoms with Gasteiger partial charge in [-0.05, 0) is 24.3 Å². The second-order valence-electron chi connectivity index (χ2n) is 7.57. The number of carbonyl (C=O) groups is 3. The summed E-state index contributed by atoms with van der Waals surface area (Å²) in [7, 11) is 0. The fourth-order valence-electron chi connectivity index (χ4n) is 3.39. The highest BCUT2D eigenvalue weighted by Gasteiger charge is 2.31. The fraction of sp³-hybridized carbons (Fsp3) is 0.318. The number of non-ortho nitro benzene ring substituents is 1. The van der Waals surface area contributed by atoms with Crippen LogP contribution in [0.2, 0.25) is 0 Å². The number of nitro benzene ring substituents is 1. The van der Waals surface area contributed by atoms with Crippen molar-refractivity contribution in [1.29, 1.82) is 0 Å². The van der Waals surface area contributed by atoms with Crippen LogP contribution in [0, 0.1) is 10.1 Å². The van der Waals surface area contributed by atoms with Crippen LogP contribution in [0.5, 0.6) is 0 Å². The van der Waals surface area contributed by atoms with E-state index in [1.807, 2.05) is 0 Å². The number of benzene rings is 2. The number of piperazine rings is 1. The molecule has 186 valence electrons. The van der Waals surface area contributed by atoms with Gasteiger partial charge in [-0.1, -0.05) is 12.1 Å². The first-order valence-corrected chi connectivity index (χ1v) is 10.4. The molecule has 2 amide bonds. The number of carbonyl (C=O) groups excluding carboxylic acids is 3. The molecule has 35 heavy (non-hydrogen) atoms. The Balaban J connectivity index is 1.42. The molecule has 1 aliphatic heterocycles. The molecule has 3 rings (SSSR count). The fourth-order valence-corrected chi connectivity index (χ4v) is 3.39. The summed E-state index contributed by atoms with van der Waals surface area (Å²) in [5.74, 6) is -2.07. The number of nitrogens with zero attached hydrogens (tertiary/aromatic N) is 3. The van der Waals surface area contributed by atoms with E-state index in [0.717, 1.165) is 18.2 Å². The van der Waals surface area contributed by atoms with Crippen LogP contribution in [0.15, 0.2) is 48.5 Å². The van der Waals surface area contributed by atoms with Crippen LogP contribution in [0.4, 0.5) is 24.5 Å². The number of nitrogens with one attached hydrogen (secondary N) is 1. The molecule has 0 bridgehead atoms. The molecular weight excluding hydrogens is 473 g/mol. The monoisotopic (exact) mass is 494 g/mol. The lowest BCUT2D eigenvalue weighted by molar-refractivity contribution is -0.384. The van der Waals surface area contributed by atoms with E-state index in [9.17, 15) is 37.7 Å². The molecule has 1 N–H and O–H groups in total. The van der Waals surface area contributed by atoms with Gasteiger partial charge in [-0.3, -0.25) is 24.5 Å². The number of halogens is 3. The van der Waals surface area contributed by atoms with Gasteiger partial charge >= 0.3 is 12.1 Å². The Morgan fingerprint density at radius 2 is 1.71 bits per heavy atom. The average Bonchev–Trinajstić information content (AvgIpc) is 2.85. The number of hydrogen-bond donors (Lipinski definition) is 1.